The van der Waals surface area contributed by atoms with Crippen LogP contribution in [-0.4, -0.2) is 48.0 Å². The summed E-state index contributed by atoms with van der Waals surface area (Å²) in [6.45, 7) is 4.97. The first-order valence-corrected chi connectivity index (χ1v) is 10.3. The van der Waals surface area contributed by atoms with Crippen molar-refractivity contribution < 1.29 is 14.8 Å². The van der Waals surface area contributed by atoms with E-state index >= 15 is 0 Å². The Balaban J connectivity index is 1.61. The molecule has 9 nitrogen and oxygen atoms in total. The van der Waals surface area contributed by atoms with Crippen LogP contribution in [0.15, 0.2) is 66.2 Å². The van der Waals surface area contributed by atoms with Crippen molar-refractivity contribution in [3.05, 3.63) is 72.3 Å². The molecule has 1 atom stereocenters. The Morgan fingerprint density at radius 1 is 1.22 bits per heavy atom. The van der Waals surface area contributed by atoms with E-state index in [0.717, 1.165) is 30.1 Å². The van der Waals surface area contributed by atoms with Crippen LogP contribution < -0.4 is 21.6 Å². The first-order chi connectivity index (χ1) is 15.4. The molecule has 32 heavy (non-hydrogen) atoms. The van der Waals surface area contributed by atoms with Crippen molar-refractivity contribution in [3.63, 3.8) is 0 Å². The van der Waals surface area contributed by atoms with Crippen molar-refractivity contribution >= 4 is 29.1 Å². The fourth-order valence-corrected chi connectivity index (χ4v) is 3.63. The number of anilines is 1. The quantitative estimate of drug-likeness (QED) is 0.238. The van der Waals surface area contributed by atoms with Gasteiger partial charge in [-0.2, -0.15) is 5.17 Å². The highest BCUT2D eigenvalue weighted by molar-refractivity contribution is 5.94. The zero-order valence-electron chi connectivity index (χ0n) is 18.0. The number of benzene rings is 2. The van der Waals surface area contributed by atoms with Crippen LogP contribution in [0.4, 0.5) is 11.4 Å². The van der Waals surface area contributed by atoms with Gasteiger partial charge in [-0.05, 0) is 60.9 Å². The molecule has 9 heteroatoms. The maximum Gasteiger partial charge on any atom is 0.251 e. The Bertz CT molecular complexity index is 988. The van der Waals surface area contributed by atoms with E-state index in [2.05, 4.69) is 22.3 Å². The van der Waals surface area contributed by atoms with Crippen LogP contribution in [0.25, 0.3) is 0 Å². The standard InChI is InChI=1S/C23H28N6O3/c1-3-21(30)28-14-4-5-18(15-28)16-8-12-20(13-9-16)29(32)27-23(24)26-19-10-6-17(7-11-19)22(31)25-2/h3,6-13,18,32H,1,4-5,14-15H2,2H3,(H,25,31)(H3,24,26,27). The minimum Gasteiger partial charge on any atom is -0.368 e. The molecule has 1 aliphatic rings. The van der Waals surface area contributed by atoms with Crippen LogP contribution in [-0.2, 0) is 4.79 Å². The first kappa shape index (κ1) is 22.8. The molecule has 5 N–H and O–H groups in total. The van der Waals surface area contributed by atoms with Crippen molar-refractivity contribution in [1.82, 2.24) is 15.6 Å². The molecule has 1 saturated heterocycles. The van der Waals surface area contributed by atoms with Gasteiger partial charge in [0.25, 0.3) is 5.91 Å². The molecule has 0 spiro atoms. The number of piperidine rings is 1. The first-order valence-electron chi connectivity index (χ1n) is 10.3. The molecule has 168 valence electrons. The summed E-state index contributed by atoms with van der Waals surface area (Å²) in [5, 5.41) is 13.6. The van der Waals surface area contributed by atoms with Gasteiger partial charge in [0.2, 0.25) is 11.9 Å². The number of hydrogen-bond acceptors (Lipinski definition) is 5. The fourth-order valence-electron chi connectivity index (χ4n) is 3.63. The largest absolute Gasteiger partial charge is 0.368 e. The molecule has 2 aromatic carbocycles. The highest BCUT2D eigenvalue weighted by atomic mass is 16.5. The minimum absolute atomic E-state index is 0.0184. The van der Waals surface area contributed by atoms with Crippen LogP contribution in [0.5, 0.6) is 0 Å². The van der Waals surface area contributed by atoms with Crippen LogP contribution in [0.2, 0.25) is 0 Å². The Hall–Kier alpha value is -3.85. The summed E-state index contributed by atoms with van der Waals surface area (Å²) in [6, 6.07) is 14.0. The number of nitrogens with zero attached hydrogens (tertiary/aromatic N) is 3. The number of amides is 2. The number of guanidine groups is 1. The van der Waals surface area contributed by atoms with E-state index in [1.54, 1.807) is 43.4 Å². The Labute approximate surface area is 187 Å². The second-order valence-corrected chi connectivity index (χ2v) is 7.47. The molecular weight excluding hydrogens is 408 g/mol. The minimum atomic E-state index is -0.190. The van der Waals surface area contributed by atoms with Crippen molar-refractivity contribution in [1.29, 1.82) is 0 Å². The number of nitrogens with two attached hydrogens (primary N) is 1. The predicted molar refractivity (Wildman–Crippen MR) is 124 cm³/mol. The van der Waals surface area contributed by atoms with Gasteiger partial charge >= 0.3 is 0 Å². The van der Waals surface area contributed by atoms with Crippen molar-refractivity contribution in [2.24, 2.45) is 10.7 Å². The van der Waals surface area contributed by atoms with Crippen molar-refractivity contribution in [2.45, 2.75) is 18.8 Å². The van der Waals surface area contributed by atoms with Gasteiger partial charge in [0.05, 0.1) is 11.4 Å². The Kier molecular flexibility index (Phi) is 7.45. The molecular formula is C23H28N6O3. The molecule has 1 heterocycles. The summed E-state index contributed by atoms with van der Waals surface area (Å²) in [4.78, 5) is 29.5. The molecule has 0 radical (unpaired) electrons. The lowest BCUT2D eigenvalue weighted by molar-refractivity contribution is -0.127. The van der Waals surface area contributed by atoms with Gasteiger partial charge in [0, 0.05) is 31.6 Å². The van der Waals surface area contributed by atoms with E-state index in [1.807, 2.05) is 17.0 Å². The third-order valence-corrected chi connectivity index (χ3v) is 5.34. The van der Waals surface area contributed by atoms with E-state index < -0.39 is 0 Å². The number of hydrazine groups is 1. The summed E-state index contributed by atoms with van der Waals surface area (Å²) in [6.07, 6.45) is 3.29. The second kappa shape index (κ2) is 10.5. The Morgan fingerprint density at radius 2 is 1.91 bits per heavy atom. The van der Waals surface area contributed by atoms with Gasteiger partial charge < -0.3 is 16.0 Å². The molecule has 0 aromatic heterocycles. The number of hydrogen-bond donors (Lipinski definition) is 4. The van der Waals surface area contributed by atoms with E-state index in [1.165, 1.54) is 6.08 Å². The average Bonchev–Trinajstić information content (AvgIpc) is 2.83. The summed E-state index contributed by atoms with van der Waals surface area (Å²) < 4.78 is 0. The average molecular weight is 437 g/mol. The molecule has 0 aliphatic carbocycles. The van der Waals surface area contributed by atoms with Crippen LogP contribution in [0.1, 0.15) is 34.7 Å². The Morgan fingerprint density at radius 3 is 2.53 bits per heavy atom. The third kappa shape index (κ3) is 5.64. The van der Waals surface area contributed by atoms with Crippen molar-refractivity contribution in [2.75, 3.05) is 25.3 Å². The van der Waals surface area contributed by atoms with Gasteiger partial charge in [0.15, 0.2) is 0 Å². The predicted octanol–water partition coefficient (Wildman–Crippen LogP) is 2.28. The van der Waals surface area contributed by atoms with Gasteiger partial charge in [-0.15, -0.1) is 0 Å². The van der Waals surface area contributed by atoms with E-state index in [0.29, 0.717) is 23.5 Å². The topological polar surface area (TPSA) is 123 Å². The van der Waals surface area contributed by atoms with Gasteiger partial charge in [-0.3, -0.25) is 14.8 Å². The van der Waals surface area contributed by atoms with Gasteiger partial charge in [0.1, 0.15) is 0 Å². The summed E-state index contributed by atoms with van der Waals surface area (Å²) in [7, 11) is 1.56. The number of rotatable bonds is 6. The lowest BCUT2D eigenvalue weighted by Gasteiger charge is -2.32. The molecule has 2 amide bonds. The van der Waals surface area contributed by atoms with E-state index in [9.17, 15) is 14.8 Å². The zero-order valence-corrected chi connectivity index (χ0v) is 18.0. The lowest BCUT2D eigenvalue weighted by atomic mass is 9.90. The molecule has 0 bridgehead atoms. The highest BCUT2D eigenvalue weighted by Gasteiger charge is 2.23. The molecule has 1 fully saturated rings. The molecule has 0 saturated carbocycles. The third-order valence-electron chi connectivity index (χ3n) is 5.34. The normalized spacial score (nSPS) is 16.2. The summed E-state index contributed by atoms with van der Waals surface area (Å²) >= 11 is 0. The van der Waals surface area contributed by atoms with E-state index in [4.69, 9.17) is 5.73 Å². The summed E-state index contributed by atoms with van der Waals surface area (Å²) in [5.41, 5.74) is 11.1. The molecule has 1 unspecified atom stereocenters. The number of likely N-dealkylation sites (tertiary alicyclic amines) is 1. The lowest BCUT2D eigenvalue weighted by Crippen LogP contribution is -2.44. The van der Waals surface area contributed by atoms with E-state index in [-0.39, 0.29) is 23.7 Å². The van der Waals surface area contributed by atoms with Crippen molar-refractivity contribution in [3.8, 4) is 0 Å². The maximum absolute atomic E-state index is 11.9. The monoisotopic (exact) mass is 436 g/mol. The number of nitrogens with one attached hydrogen (secondary N) is 2. The number of carbonyl (C=O) groups is 2. The van der Waals surface area contributed by atoms with Crippen LogP contribution in [0, 0.1) is 0 Å². The smallest absolute Gasteiger partial charge is 0.251 e. The van der Waals surface area contributed by atoms with Crippen LogP contribution >= 0.6 is 0 Å². The number of carbonyl (C=O) groups excluding carboxylic acids is 2. The van der Waals surface area contributed by atoms with Gasteiger partial charge in [-0.1, -0.05) is 18.7 Å². The fraction of sp³-hybridized carbons (Fsp3) is 0.261. The molecule has 1 aliphatic heterocycles. The van der Waals surface area contributed by atoms with Gasteiger partial charge in [-0.25, -0.2) is 10.4 Å². The summed E-state index contributed by atoms with van der Waals surface area (Å²) in [5.74, 6) is -0.0127. The molecule has 3 rings (SSSR count). The maximum atomic E-state index is 11.9. The number of aliphatic imine (C=N–C) groups is 1. The molecule has 2 aromatic rings. The second-order valence-electron chi connectivity index (χ2n) is 7.47. The van der Waals surface area contributed by atoms with Crippen LogP contribution in [0.3, 0.4) is 0 Å². The SMILES string of the molecule is C=CC(=O)N1CCCC(c2ccc(N(O)NC(N)=Nc3ccc(C(=O)NC)cc3)cc2)C1. The highest BCUT2D eigenvalue weighted by Crippen LogP contribution is 2.28. The zero-order chi connectivity index (χ0) is 23.1.